The van der Waals surface area contributed by atoms with Crippen LogP contribution in [0.2, 0.25) is 0 Å². The van der Waals surface area contributed by atoms with Crippen molar-refractivity contribution in [3.63, 3.8) is 0 Å². The van der Waals surface area contributed by atoms with E-state index in [-0.39, 0.29) is 5.97 Å². The molecule has 3 atom stereocenters. The number of carbonyl (C=O) groups excluding carboxylic acids is 1. The van der Waals surface area contributed by atoms with Crippen molar-refractivity contribution in [1.29, 1.82) is 0 Å². The maximum atomic E-state index is 11.9. The lowest BCUT2D eigenvalue weighted by molar-refractivity contribution is -0.493. The van der Waals surface area contributed by atoms with Gasteiger partial charge in [-0.15, -0.1) is 0 Å². The highest BCUT2D eigenvalue weighted by molar-refractivity contribution is 5.73. The molecule has 0 unspecified atom stereocenters. The van der Waals surface area contributed by atoms with E-state index in [1.54, 1.807) is 6.92 Å². The Morgan fingerprint density at radius 1 is 1.33 bits per heavy atom. The number of hydrogen-bond donors (Lipinski definition) is 0. The summed E-state index contributed by atoms with van der Waals surface area (Å²) in [5, 5.41) is 0. The van der Waals surface area contributed by atoms with Crippen molar-refractivity contribution in [2.75, 3.05) is 14.2 Å². The van der Waals surface area contributed by atoms with Gasteiger partial charge in [-0.2, -0.15) is 4.89 Å². The molecule has 0 bridgehead atoms. The molecule has 0 aromatic carbocycles. The first-order valence-corrected chi connectivity index (χ1v) is 6.40. The molecule has 18 heavy (non-hydrogen) atoms. The number of rotatable bonds is 5. The van der Waals surface area contributed by atoms with Crippen LogP contribution >= 0.6 is 0 Å². The van der Waals surface area contributed by atoms with Gasteiger partial charge in [-0.1, -0.05) is 19.8 Å². The molecule has 0 N–H and O–H groups in total. The Bertz CT molecular complexity index is 293. The molecule has 0 spiro atoms. The third kappa shape index (κ3) is 3.22. The molecule has 0 aromatic rings. The van der Waals surface area contributed by atoms with Crippen molar-refractivity contribution in [1.82, 2.24) is 0 Å². The molecule has 0 radical (unpaired) electrons. The van der Waals surface area contributed by atoms with Crippen LogP contribution in [0.4, 0.5) is 0 Å². The van der Waals surface area contributed by atoms with Crippen LogP contribution in [-0.4, -0.2) is 31.6 Å². The number of methoxy groups -OCH3 is 2. The zero-order valence-electron chi connectivity index (χ0n) is 11.9. The molecule has 1 heterocycles. The first-order chi connectivity index (χ1) is 8.40. The summed E-state index contributed by atoms with van der Waals surface area (Å²) in [6, 6.07) is 0. The van der Waals surface area contributed by atoms with E-state index in [9.17, 15) is 4.79 Å². The summed E-state index contributed by atoms with van der Waals surface area (Å²) in [4.78, 5) is 22.7. The largest absolute Gasteiger partial charge is 0.469 e. The number of hydrogen-bond acceptors (Lipinski definition) is 5. The van der Waals surface area contributed by atoms with Gasteiger partial charge >= 0.3 is 5.97 Å². The summed E-state index contributed by atoms with van der Waals surface area (Å²) < 4.78 is 10.1. The van der Waals surface area contributed by atoms with Gasteiger partial charge in [0.2, 0.25) is 5.79 Å². The van der Waals surface area contributed by atoms with Crippen molar-refractivity contribution in [2.24, 2.45) is 5.92 Å². The van der Waals surface area contributed by atoms with Crippen LogP contribution in [0, 0.1) is 5.92 Å². The maximum absolute atomic E-state index is 11.9. The Kier molecular flexibility index (Phi) is 5.13. The fourth-order valence-electron chi connectivity index (χ4n) is 2.20. The highest BCUT2D eigenvalue weighted by Gasteiger charge is 2.52. The number of unbranched alkanes of at least 4 members (excludes halogenated alkanes) is 1. The van der Waals surface area contributed by atoms with Crippen molar-refractivity contribution in [3.8, 4) is 0 Å². The molecular formula is C13H24O5. The molecule has 1 fully saturated rings. The van der Waals surface area contributed by atoms with Gasteiger partial charge in [0.1, 0.15) is 11.5 Å². The van der Waals surface area contributed by atoms with Gasteiger partial charge in [0.05, 0.1) is 7.11 Å². The molecule has 1 rings (SSSR count). The third-order valence-corrected chi connectivity index (χ3v) is 3.63. The number of esters is 1. The quantitative estimate of drug-likeness (QED) is 0.561. The zero-order valence-corrected chi connectivity index (χ0v) is 11.9. The van der Waals surface area contributed by atoms with E-state index in [1.807, 2.05) is 6.92 Å². The molecule has 0 amide bonds. The van der Waals surface area contributed by atoms with Crippen molar-refractivity contribution in [3.05, 3.63) is 0 Å². The summed E-state index contributed by atoms with van der Waals surface area (Å²) >= 11 is 0. The standard InChI is InChI=1S/C13H24O5/c1-6-7-8-12(2)9-10(11(14)15-4)13(3,16-5)18-17-12/h10H,6-9H2,1-5H3/t10-,12-,13-/m1/s1. The Labute approximate surface area is 109 Å². The van der Waals surface area contributed by atoms with E-state index < -0.39 is 17.3 Å². The molecule has 1 aliphatic rings. The summed E-state index contributed by atoms with van der Waals surface area (Å²) in [5.41, 5.74) is -0.465. The Hall–Kier alpha value is -0.650. The molecule has 0 saturated carbocycles. The minimum absolute atomic E-state index is 0.328. The lowest BCUT2D eigenvalue weighted by Crippen LogP contribution is -2.54. The molecule has 0 aromatic heterocycles. The fourth-order valence-corrected chi connectivity index (χ4v) is 2.20. The van der Waals surface area contributed by atoms with Crippen LogP contribution in [-0.2, 0) is 24.0 Å². The van der Waals surface area contributed by atoms with E-state index in [4.69, 9.17) is 19.2 Å². The van der Waals surface area contributed by atoms with Gasteiger partial charge in [-0.3, -0.25) is 4.79 Å². The first-order valence-electron chi connectivity index (χ1n) is 6.40. The first kappa shape index (κ1) is 15.4. The normalized spacial score (nSPS) is 36.4. The molecule has 1 saturated heterocycles. The van der Waals surface area contributed by atoms with Crippen LogP contribution < -0.4 is 0 Å². The summed E-state index contributed by atoms with van der Waals surface area (Å²) in [6.45, 7) is 5.76. The van der Waals surface area contributed by atoms with Gasteiger partial charge in [0.15, 0.2) is 0 Å². The van der Waals surface area contributed by atoms with Crippen LogP contribution in [0.1, 0.15) is 46.5 Å². The number of carbonyl (C=O) groups is 1. The molecule has 106 valence electrons. The minimum atomic E-state index is -1.08. The monoisotopic (exact) mass is 260 g/mol. The molecule has 0 aliphatic carbocycles. The Balaban J connectivity index is 2.82. The highest BCUT2D eigenvalue weighted by Crippen LogP contribution is 2.41. The summed E-state index contributed by atoms with van der Waals surface area (Å²) in [5.74, 6) is -1.90. The predicted octanol–water partition coefficient (Wildman–Crippen LogP) is 2.44. The summed E-state index contributed by atoms with van der Waals surface area (Å²) in [7, 11) is 2.87. The topological polar surface area (TPSA) is 54.0 Å². The van der Waals surface area contributed by atoms with E-state index in [0.29, 0.717) is 6.42 Å². The lowest BCUT2D eigenvalue weighted by Gasteiger charge is -2.44. The minimum Gasteiger partial charge on any atom is -0.469 e. The van der Waals surface area contributed by atoms with E-state index in [2.05, 4.69) is 6.92 Å². The smallest absolute Gasteiger partial charge is 0.314 e. The molecule has 5 nitrogen and oxygen atoms in total. The van der Waals surface area contributed by atoms with Gasteiger partial charge < -0.3 is 9.47 Å². The maximum Gasteiger partial charge on any atom is 0.314 e. The lowest BCUT2D eigenvalue weighted by atomic mass is 9.83. The van der Waals surface area contributed by atoms with Crippen molar-refractivity contribution < 1.29 is 24.0 Å². The Morgan fingerprint density at radius 3 is 2.50 bits per heavy atom. The molecule has 5 heteroatoms. The highest BCUT2D eigenvalue weighted by atomic mass is 17.2. The van der Waals surface area contributed by atoms with Gasteiger partial charge in [-0.05, 0) is 26.7 Å². The average molecular weight is 260 g/mol. The molecular weight excluding hydrogens is 236 g/mol. The van der Waals surface area contributed by atoms with Crippen molar-refractivity contribution >= 4 is 5.97 Å². The van der Waals surface area contributed by atoms with Crippen LogP contribution in [0.15, 0.2) is 0 Å². The second-order valence-electron chi connectivity index (χ2n) is 5.22. The second kappa shape index (κ2) is 5.99. The second-order valence-corrected chi connectivity index (χ2v) is 5.22. The third-order valence-electron chi connectivity index (χ3n) is 3.63. The molecule has 1 aliphatic heterocycles. The predicted molar refractivity (Wildman–Crippen MR) is 65.6 cm³/mol. The van der Waals surface area contributed by atoms with Crippen LogP contribution in [0.25, 0.3) is 0 Å². The van der Waals surface area contributed by atoms with E-state index in [1.165, 1.54) is 14.2 Å². The SMILES string of the molecule is CCCC[C@]1(C)C[C@H](C(=O)OC)[C@](C)(OC)OO1. The zero-order chi connectivity index (χ0) is 13.8. The summed E-state index contributed by atoms with van der Waals surface area (Å²) in [6.07, 6.45) is 3.47. The fraction of sp³-hybridized carbons (Fsp3) is 0.923. The Morgan fingerprint density at radius 2 is 2.00 bits per heavy atom. The van der Waals surface area contributed by atoms with E-state index >= 15 is 0 Å². The van der Waals surface area contributed by atoms with Gasteiger partial charge in [-0.25, -0.2) is 4.89 Å². The van der Waals surface area contributed by atoms with Gasteiger partial charge in [0, 0.05) is 7.11 Å². The number of ether oxygens (including phenoxy) is 2. The van der Waals surface area contributed by atoms with Gasteiger partial charge in [0.25, 0.3) is 0 Å². The van der Waals surface area contributed by atoms with Crippen LogP contribution in [0.5, 0.6) is 0 Å². The van der Waals surface area contributed by atoms with E-state index in [0.717, 1.165) is 19.3 Å². The van der Waals surface area contributed by atoms with Crippen LogP contribution in [0.3, 0.4) is 0 Å². The van der Waals surface area contributed by atoms with Crippen molar-refractivity contribution in [2.45, 2.75) is 57.8 Å². The average Bonchev–Trinajstić information content (AvgIpc) is 2.39.